The maximum absolute atomic E-state index is 11.1. The summed E-state index contributed by atoms with van der Waals surface area (Å²) < 4.78 is 21.4. The minimum Gasteiger partial charge on any atom is -0.463 e. The van der Waals surface area contributed by atoms with Gasteiger partial charge in [-0.25, -0.2) is 0 Å². The SMILES string of the molecule is CC(=O)OC[C@H]1OC(Oc2ccc(Cl)cc2)C=C[C@@H]1OC(C)=O. The monoisotopic (exact) mass is 340 g/mol. The highest BCUT2D eigenvalue weighted by molar-refractivity contribution is 6.30. The molecule has 7 heteroatoms. The summed E-state index contributed by atoms with van der Waals surface area (Å²) in [5.41, 5.74) is 0. The zero-order valence-corrected chi connectivity index (χ0v) is 13.5. The Bertz CT molecular complexity index is 583. The van der Waals surface area contributed by atoms with Gasteiger partial charge in [0.2, 0.25) is 6.29 Å². The molecule has 1 aromatic carbocycles. The summed E-state index contributed by atoms with van der Waals surface area (Å²) in [5, 5.41) is 0.597. The maximum Gasteiger partial charge on any atom is 0.303 e. The van der Waals surface area contributed by atoms with Crippen LogP contribution in [0, 0.1) is 0 Å². The Morgan fingerprint density at radius 2 is 1.83 bits per heavy atom. The molecule has 2 rings (SSSR count). The minimum absolute atomic E-state index is 0.0436. The van der Waals surface area contributed by atoms with E-state index in [-0.39, 0.29) is 6.61 Å². The third kappa shape index (κ3) is 5.58. The van der Waals surface area contributed by atoms with Crippen molar-refractivity contribution in [1.29, 1.82) is 0 Å². The molecule has 0 amide bonds. The first-order chi connectivity index (χ1) is 10.9. The van der Waals surface area contributed by atoms with E-state index < -0.39 is 30.4 Å². The quantitative estimate of drug-likeness (QED) is 0.606. The van der Waals surface area contributed by atoms with Crippen molar-refractivity contribution in [1.82, 2.24) is 0 Å². The van der Waals surface area contributed by atoms with Crippen LogP contribution in [0.5, 0.6) is 5.75 Å². The normalized spacial score (nSPS) is 23.2. The standard InChI is InChI=1S/C16H17ClO6/c1-10(18)20-9-15-14(21-11(2)19)7-8-16(23-15)22-13-5-3-12(17)4-6-13/h3-8,14-16H,9H2,1-2H3/t14-,15+,16?/m0/s1. The average molecular weight is 341 g/mol. The second-order valence-corrected chi connectivity index (χ2v) is 5.31. The van der Waals surface area contributed by atoms with Crippen LogP contribution in [0.3, 0.4) is 0 Å². The maximum atomic E-state index is 11.1. The summed E-state index contributed by atoms with van der Waals surface area (Å²) in [6.07, 6.45) is 1.30. The highest BCUT2D eigenvalue weighted by Crippen LogP contribution is 2.22. The lowest BCUT2D eigenvalue weighted by molar-refractivity contribution is -0.178. The third-order valence-corrected chi connectivity index (χ3v) is 3.20. The van der Waals surface area contributed by atoms with Crippen molar-refractivity contribution >= 4 is 23.5 Å². The lowest BCUT2D eigenvalue weighted by atomic mass is 10.1. The molecule has 0 aliphatic carbocycles. The first-order valence-electron chi connectivity index (χ1n) is 7.00. The molecule has 0 N–H and O–H groups in total. The number of esters is 2. The van der Waals surface area contributed by atoms with Gasteiger partial charge in [-0.1, -0.05) is 11.6 Å². The van der Waals surface area contributed by atoms with Gasteiger partial charge in [0.25, 0.3) is 0 Å². The number of carbonyl (C=O) groups excluding carboxylic acids is 2. The fourth-order valence-electron chi connectivity index (χ4n) is 1.97. The van der Waals surface area contributed by atoms with Crippen LogP contribution in [0.1, 0.15) is 13.8 Å². The summed E-state index contributed by atoms with van der Waals surface area (Å²) >= 11 is 5.82. The molecule has 0 saturated carbocycles. The minimum atomic E-state index is -0.691. The molecule has 124 valence electrons. The van der Waals surface area contributed by atoms with Gasteiger partial charge in [0, 0.05) is 18.9 Å². The van der Waals surface area contributed by atoms with Gasteiger partial charge in [0.15, 0.2) is 0 Å². The Balaban J connectivity index is 2.03. The first kappa shape index (κ1) is 17.3. The van der Waals surface area contributed by atoms with Crippen molar-refractivity contribution in [2.45, 2.75) is 32.3 Å². The Hall–Kier alpha value is -2.05. The number of carbonyl (C=O) groups is 2. The van der Waals surface area contributed by atoms with Gasteiger partial charge in [-0.05, 0) is 36.4 Å². The van der Waals surface area contributed by atoms with Crippen molar-refractivity contribution in [3.63, 3.8) is 0 Å². The van der Waals surface area contributed by atoms with E-state index in [2.05, 4.69) is 0 Å². The van der Waals surface area contributed by atoms with Crippen LogP contribution in [-0.4, -0.2) is 37.0 Å². The highest BCUT2D eigenvalue weighted by Gasteiger charge is 2.31. The van der Waals surface area contributed by atoms with Crippen molar-refractivity contribution in [3.05, 3.63) is 41.4 Å². The van der Waals surface area contributed by atoms with Crippen molar-refractivity contribution < 1.29 is 28.5 Å². The lowest BCUT2D eigenvalue weighted by Gasteiger charge is -2.31. The molecular formula is C16H17ClO6. The number of rotatable bonds is 5. The fraction of sp³-hybridized carbons (Fsp3) is 0.375. The summed E-state index contributed by atoms with van der Waals surface area (Å²) in [4.78, 5) is 22.1. The van der Waals surface area contributed by atoms with E-state index in [1.807, 2.05) is 0 Å². The van der Waals surface area contributed by atoms with Gasteiger partial charge in [0.05, 0.1) is 0 Å². The molecule has 0 radical (unpaired) electrons. The largest absolute Gasteiger partial charge is 0.463 e. The summed E-state index contributed by atoms with van der Waals surface area (Å²) in [7, 11) is 0. The van der Waals surface area contributed by atoms with Crippen LogP contribution in [0.4, 0.5) is 0 Å². The predicted molar refractivity (Wildman–Crippen MR) is 82.1 cm³/mol. The van der Waals surface area contributed by atoms with Gasteiger partial charge in [0.1, 0.15) is 24.6 Å². The van der Waals surface area contributed by atoms with Crippen LogP contribution in [0.25, 0.3) is 0 Å². The van der Waals surface area contributed by atoms with Crippen LogP contribution in [-0.2, 0) is 23.8 Å². The van der Waals surface area contributed by atoms with E-state index in [9.17, 15) is 9.59 Å². The third-order valence-electron chi connectivity index (χ3n) is 2.95. The Kier molecular flexibility index (Phi) is 6.01. The van der Waals surface area contributed by atoms with Gasteiger partial charge >= 0.3 is 11.9 Å². The van der Waals surface area contributed by atoms with Gasteiger partial charge in [-0.15, -0.1) is 0 Å². The predicted octanol–water partition coefficient (Wildman–Crippen LogP) is 2.49. The van der Waals surface area contributed by atoms with E-state index >= 15 is 0 Å². The van der Waals surface area contributed by atoms with E-state index in [0.717, 1.165) is 0 Å². The molecule has 0 spiro atoms. The summed E-state index contributed by atoms with van der Waals surface area (Å²) in [6, 6.07) is 6.81. The molecule has 3 atom stereocenters. The smallest absolute Gasteiger partial charge is 0.303 e. The molecule has 1 aliphatic heterocycles. The Morgan fingerprint density at radius 1 is 1.13 bits per heavy atom. The topological polar surface area (TPSA) is 71.1 Å². The van der Waals surface area contributed by atoms with Crippen molar-refractivity contribution in [3.8, 4) is 5.75 Å². The molecule has 0 saturated heterocycles. The molecule has 0 aromatic heterocycles. The molecule has 1 aliphatic rings. The van der Waals surface area contributed by atoms with Crippen LogP contribution < -0.4 is 4.74 Å². The average Bonchev–Trinajstić information content (AvgIpc) is 2.49. The zero-order chi connectivity index (χ0) is 16.8. The molecular weight excluding hydrogens is 324 g/mol. The molecule has 1 unspecified atom stereocenters. The molecule has 1 heterocycles. The second-order valence-electron chi connectivity index (χ2n) is 4.88. The molecule has 23 heavy (non-hydrogen) atoms. The van der Waals surface area contributed by atoms with Gasteiger partial charge < -0.3 is 18.9 Å². The van der Waals surface area contributed by atoms with E-state index in [4.69, 9.17) is 30.5 Å². The van der Waals surface area contributed by atoms with Gasteiger partial charge in [-0.3, -0.25) is 9.59 Å². The second kappa shape index (κ2) is 7.99. The van der Waals surface area contributed by atoms with E-state index in [1.165, 1.54) is 13.8 Å². The summed E-state index contributed by atoms with van der Waals surface area (Å²) in [5.74, 6) is -0.325. The summed E-state index contributed by atoms with van der Waals surface area (Å²) in [6.45, 7) is 2.55. The van der Waals surface area contributed by atoms with E-state index in [1.54, 1.807) is 36.4 Å². The number of ether oxygens (including phenoxy) is 4. The Labute approximate surface area is 138 Å². The number of hydrogen-bond acceptors (Lipinski definition) is 6. The van der Waals surface area contributed by atoms with E-state index in [0.29, 0.717) is 10.8 Å². The first-order valence-corrected chi connectivity index (χ1v) is 7.38. The molecule has 0 bridgehead atoms. The zero-order valence-electron chi connectivity index (χ0n) is 12.7. The van der Waals surface area contributed by atoms with Crippen LogP contribution >= 0.6 is 11.6 Å². The van der Waals surface area contributed by atoms with Crippen LogP contribution in [0.2, 0.25) is 5.02 Å². The fourth-order valence-corrected chi connectivity index (χ4v) is 2.10. The van der Waals surface area contributed by atoms with Gasteiger partial charge in [-0.2, -0.15) is 0 Å². The molecule has 1 aromatic rings. The Morgan fingerprint density at radius 3 is 2.43 bits per heavy atom. The molecule has 0 fully saturated rings. The number of benzene rings is 1. The van der Waals surface area contributed by atoms with Crippen LogP contribution in [0.15, 0.2) is 36.4 Å². The lowest BCUT2D eigenvalue weighted by Crippen LogP contribution is -2.42. The number of hydrogen-bond donors (Lipinski definition) is 0. The van der Waals surface area contributed by atoms with Crippen molar-refractivity contribution in [2.24, 2.45) is 0 Å². The number of halogens is 1. The molecule has 6 nitrogen and oxygen atoms in total. The highest BCUT2D eigenvalue weighted by atomic mass is 35.5. The van der Waals surface area contributed by atoms with Crippen molar-refractivity contribution in [2.75, 3.05) is 6.61 Å².